The molecular formula is C21H31N3O2S. The van der Waals surface area contributed by atoms with Crippen molar-refractivity contribution in [1.29, 1.82) is 0 Å². The van der Waals surface area contributed by atoms with Crippen LogP contribution in [-0.4, -0.2) is 38.3 Å². The van der Waals surface area contributed by atoms with Gasteiger partial charge in [-0.05, 0) is 62.1 Å². The number of furan rings is 1. The summed E-state index contributed by atoms with van der Waals surface area (Å²) in [4.78, 5) is 6.15. The number of ether oxygens (including phenoxy) is 1. The molecule has 0 aliphatic carbocycles. The highest BCUT2D eigenvalue weighted by Gasteiger charge is 2.12. The summed E-state index contributed by atoms with van der Waals surface area (Å²) >= 11 is 1.80. The van der Waals surface area contributed by atoms with Gasteiger partial charge in [0, 0.05) is 37.5 Å². The zero-order chi connectivity index (χ0) is 18.6. The van der Waals surface area contributed by atoms with Crippen LogP contribution in [-0.2, 0) is 17.6 Å². The molecule has 0 spiro atoms. The van der Waals surface area contributed by atoms with Crippen molar-refractivity contribution in [2.75, 3.05) is 26.2 Å². The summed E-state index contributed by atoms with van der Waals surface area (Å²) in [6, 6.07) is 8.21. The molecule has 27 heavy (non-hydrogen) atoms. The summed E-state index contributed by atoms with van der Waals surface area (Å²) in [6.45, 7) is 3.45. The van der Waals surface area contributed by atoms with Crippen LogP contribution in [0.25, 0.3) is 0 Å². The van der Waals surface area contributed by atoms with Crippen molar-refractivity contribution in [3.05, 3.63) is 46.5 Å². The first-order valence-corrected chi connectivity index (χ1v) is 11.0. The van der Waals surface area contributed by atoms with E-state index in [1.807, 2.05) is 12.1 Å². The van der Waals surface area contributed by atoms with Gasteiger partial charge in [-0.15, -0.1) is 11.3 Å². The van der Waals surface area contributed by atoms with E-state index in [4.69, 9.17) is 14.1 Å². The van der Waals surface area contributed by atoms with Gasteiger partial charge in [-0.3, -0.25) is 4.99 Å². The van der Waals surface area contributed by atoms with E-state index in [9.17, 15) is 0 Å². The highest BCUT2D eigenvalue weighted by atomic mass is 32.1. The van der Waals surface area contributed by atoms with Crippen molar-refractivity contribution in [1.82, 2.24) is 10.6 Å². The number of rotatable bonds is 10. The van der Waals surface area contributed by atoms with Crippen molar-refractivity contribution >= 4 is 17.3 Å². The van der Waals surface area contributed by atoms with Gasteiger partial charge < -0.3 is 19.8 Å². The Morgan fingerprint density at radius 1 is 1.15 bits per heavy atom. The molecule has 6 heteroatoms. The fourth-order valence-corrected chi connectivity index (χ4v) is 3.95. The lowest BCUT2D eigenvalue weighted by molar-refractivity contribution is 0.0105. The van der Waals surface area contributed by atoms with Crippen molar-refractivity contribution in [3.8, 4) is 0 Å². The van der Waals surface area contributed by atoms with Crippen LogP contribution in [0.1, 0.15) is 42.7 Å². The molecule has 3 rings (SSSR count). The molecule has 1 unspecified atom stereocenters. The maximum Gasteiger partial charge on any atom is 0.191 e. The molecule has 1 saturated heterocycles. The van der Waals surface area contributed by atoms with Gasteiger partial charge in [0.05, 0.1) is 12.4 Å². The van der Waals surface area contributed by atoms with Crippen molar-refractivity contribution in [3.63, 3.8) is 0 Å². The molecule has 1 aliphatic heterocycles. The molecule has 1 fully saturated rings. The Labute approximate surface area is 166 Å². The number of hydrogen-bond donors (Lipinski definition) is 2. The first kappa shape index (κ1) is 20.0. The fourth-order valence-electron chi connectivity index (χ4n) is 3.24. The van der Waals surface area contributed by atoms with E-state index in [0.717, 1.165) is 63.6 Å². The summed E-state index contributed by atoms with van der Waals surface area (Å²) < 4.78 is 11.2. The van der Waals surface area contributed by atoms with Crippen molar-refractivity contribution < 1.29 is 9.15 Å². The molecular weight excluding hydrogens is 358 g/mol. The quantitative estimate of drug-likeness (QED) is 0.366. The lowest BCUT2D eigenvalue weighted by Gasteiger charge is -2.22. The zero-order valence-electron chi connectivity index (χ0n) is 16.0. The van der Waals surface area contributed by atoms with E-state index in [2.05, 4.69) is 28.1 Å². The minimum Gasteiger partial charge on any atom is -0.469 e. The van der Waals surface area contributed by atoms with E-state index in [0.29, 0.717) is 6.10 Å². The Morgan fingerprint density at radius 2 is 2.07 bits per heavy atom. The van der Waals surface area contributed by atoms with Crippen LogP contribution >= 0.6 is 11.3 Å². The van der Waals surface area contributed by atoms with Crippen LogP contribution in [0.15, 0.2) is 45.3 Å². The molecule has 148 valence electrons. The van der Waals surface area contributed by atoms with Crippen LogP contribution in [0.2, 0.25) is 0 Å². The summed E-state index contributed by atoms with van der Waals surface area (Å²) in [5.41, 5.74) is 0. The van der Waals surface area contributed by atoms with E-state index < -0.39 is 0 Å². The van der Waals surface area contributed by atoms with Gasteiger partial charge in [0.15, 0.2) is 5.96 Å². The van der Waals surface area contributed by atoms with Crippen LogP contribution in [0, 0.1) is 0 Å². The maximum atomic E-state index is 5.81. The van der Waals surface area contributed by atoms with Crippen LogP contribution in [0.4, 0.5) is 0 Å². The topological polar surface area (TPSA) is 58.8 Å². The molecule has 2 aromatic rings. The third-order valence-electron chi connectivity index (χ3n) is 4.72. The Kier molecular flexibility index (Phi) is 8.74. The van der Waals surface area contributed by atoms with E-state index in [1.54, 1.807) is 17.6 Å². The van der Waals surface area contributed by atoms with Gasteiger partial charge in [0.2, 0.25) is 0 Å². The fraction of sp³-hybridized carbons (Fsp3) is 0.571. The molecule has 0 amide bonds. The lowest BCUT2D eigenvalue weighted by atomic mass is 10.1. The standard InChI is InChI=1S/C21H31N3O2S/c1-2-15-25-18(6-1)7-3-12-22-21(23-13-10-19-8-4-16-26-19)24-14-11-20-9-5-17-27-20/h4-5,8-9,16-18H,1-3,6-7,10-15H2,(H2,22,23,24). The Morgan fingerprint density at radius 3 is 2.81 bits per heavy atom. The third kappa shape index (κ3) is 7.77. The summed E-state index contributed by atoms with van der Waals surface area (Å²) in [7, 11) is 0. The van der Waals surface area contributed by atoms with E-state index in [1.165, 1.54) is 24.1 Å². The summed E-state index contributed by atoms with van der Waals surface area (Å²) in [6.07, 6.45) is 9.94. The van der Waals surface area contributed by atoms with Crippen LogP contribution in [0.3, 0.4) is 0 Å². The van der Waals surface area contributed by atoms with E-state index in [-0.39, 0.29) is 0 Å². The number of nitrogens with zero attached hydrogens (tertiary/aromatic N) is 1. The second kappa shape index (κ2) is 11.8. The van der Waals surface area contributed by atoms with Crippen molar-refractivity contribution in [2.45, 2.75) is 51.0 Å². The Hall–Kier alpha value is -1.79. The Balaban J connectivity index is 1.40. The number of hydrogen-bond acceptors (Lipinski definition) is 4. The second-order valence-electron chi connectivity index (χ2n) is 6.87. The minimum absolute atomic E-state index is 0.441. The van der Waals surface area contributed by atoms with Gasteiger partial charge in [0.25, 0.3) is 0 Å². The first-order valence-electron chi connectivity index (χ1n) is 10.1. The molecule has 2 aromatic heterocycles. The van der Waals surface area contributed by atoms with Gasteiger partial charge >= 0.3 is 0 Å². The second-order valence-corrected chi connectivity index (χ2v) is 7.91. The van der Waals surface area contributed by atoms with Gasteiger partial charge in [-0.1, -0.05) is 6.07 Å². The normalized spacial score (nSPS) is 17.8. The van der Waals surface area contributed by atoms with Gasteiger partial charge in [-0.25, -0.2) is 0 Å². The summed E-state index contributed by atoms with van der Waals surface area (Å²) in [5.74, 6) is 1.89. The average molecular weight is 390 g/mol. The zero-order valence-corrected chi connectivity index (χ0v) is 16.8. The first-order chi connectivity index (χ1) is 13.4. The molecule has 3 heterocycles. The van der Waals surface area contributed by atoms with Crippen molar-refractivity contribution in [2.24, 2.45) is 4.99 Å². The van der Waals surface area contributed by atoms with Crippen LogP contribution < -0.4 is 10.6 Å². The molecule has 1 aliphatic rings. The third-order valence-corrected chi connectivity index (χ3v) is 5.65. The molecule has 0 bridgehead atoms. The molecule has 0 saturated carbocycles. The highest BCUT2D eigenvalue weighted by Crippen LogP contribution is 2.16. The smallest absolute Gasteiger partial charge is 0.191 e. The SMILES string of the molecule is c1coc(CCNC(=NCCCC2CCCCO2)NCCc2cccs2)c1. The average Bonchev–Trinajstić information content (AvgIpc) is 3.40. The molecule has 1 atom stereocenters. The van der Waals surface area contributed by atoms with Gasteiger partial charge in [-0.2, -0.15) is 0 Å². The molecule has 0 aromatic carbocycles. The monoisotopic (exact) mass is 389 g/mol. The molecule has 2 N–H and O–H groups in total. The van der Waals surface area contributed by atoms with Crippen LogP contribution in [0.5, 0.6) is 0 Å². The summed E-state index contributed by atoms with van der Waals surface area (Å²) in [5, 5.41) is 9.01. The van der Waals surface area contributed by atoms with Gasteiger partial charge in [0.1, 0.15) is 5.76 Å². The number of thiophene rings is 1. The molecule has 0 radical (unpaired) electrons. The predicted molar refractivity (Wildman–Crippen MR) is 112 cm³/mol. The Bertz CT molecular complexity index is 592. The lowest BCUT2D eigenvalue weighted by Crippen LogP contribution is -2.39. The highest BCUT2D eigenvalue weighted by molar-refractivity contribution is 7.09. The largest absolute Gasteiger partial charge is 0.469 e. The number of guanidine groups is 1. The number of nitrogens with one attached hydrogen (secondary N) is 2. The minimum atomic E-state index is 0.441. The predicted octanol–water partition coefficient (Wildman–Crippen LogP) is 4.01. The number of aliphatic imine (C=N–C) groups is 1. The maximum absolute atomic E-state index is 5.81. The van der Waals surface area contributed by atoms with E-state index >= 15 is 0 Å². The molecule has 5 nitrogen and oxygen atoms in total.